The first kappa shape index (κ1) is 19.2. The van der Waals surface area contributed by atoms with E-state index < -0.39 is 27.4 Å². The highest BCUT2D eigenvalue weighted by atomic mass is 16.6. The third-order valence-corrected chi connectivity index (χ3v) is 5.55. The van der Waals surface area contributed by atoms with Crippen LogP contribution in [-0.2, 0) is 20.6 Å². The molecule has 0 saturated carbocycles. The molecule has 2 aromatic carbocycles. The van der Waals surface area contributed by atoms with Gasteiger partial charge in [-0.15, -0.1) is 0 Å². The third kappa shape index (κ3) is 2.33. The number of nitrogens with zero attached hydrogens (tertiary/aromatic N) is 4. The van der Waals surface area contributed by atoms with Crippen LogP contribution in [0.15, 0.2) is 64.8 Å². The van der Waals surface area contributed by atoms with Gasteiger partial charge < -0.3 is 4.74 Å². The number of hydrogen-bond acceptors (Lipinski definition) is 7. The Kier molecular flexibility index (Phi) is 4.47. The second-order valence-electron chi connectivity index (χ2n) is 6.87. The van der Waals surface area contributed by atoms with Crippen LogP contribution in [0.5, 0.6) is 0 Å². The number of hydrogen-bond donors (Lipinski definition) is 0. The number of methoxy groups -OCH3 is 1. The van der Waals surface area contributed by atoms with Gasteiger partial charge in [-0.1, -0.05) is 30.3 Å². The van der Waals surface area contributed by atoms with E-state index in [1.807, 2.05) is 6.07 Å². The SMILES string of the molecule is COC(=O)[C@]1(C#N)[C@@](C)(c2ccccc2)N=N[C@]1(C)c1ccc([N+](=O)[O-])cc1. The first-order valence-electron chi connectivity index (χ1n) is 8.51. The van der Waals surface area contributed by atoms with Crippen LogP contribution >= 0.6 is 0 Å². The summed E-state index contributed by atoms with van der Waals surface area (Å²) in [5, 5.41) is 30.0. The molecule has 0 aliphatic carbocycles. The molecule has 1 aliphatic rings. The molecule has 0 spiro atoms. The molecule has 0 amide bonds. The van der Waals surface area contributed by atoms with Crippen LogP contribution in [0.1, 0.15) is 25.0 Å². The maximum Gasteiger partial charge on any atom is 0.332 e. The summed E-state index contributed by atoms with van der Waals surface area (Å²) < 4.78 is 5.03. The molecular weight excluding hydrogens is 360 g/mol. The van der Waals surface area contributed by atoms with Crippen molar-refractivity contribution >= 4 is 11.7 Å². The lowest BCUT2D eigenvalue weighted by molar-refractivity contribution is -0.384. The van der Waals surface area contributed by atoms with Gasteiger partial charge in [0.05, 0.1) is 18.1 Å². The lowest BCUT2D eigenvalue weighted by Crippen LogP contribution is -2.55. The minimum Gasteiger partial charge on any atom is -0.468 e. The van der Waals surface area contributed by atoms with Gasteiger partial charge >= 0.3 is 5.97 Å². The van der Waals surface area contributed by atoms with Crippen LogP contribution in [0.3, 0.4) is 0 Å². The van der Waals surface area contributed by atoms with Gasteiger partial charge in [-0.05, 0) is 37.1 Å². The number of benzene rings is 2. The Balaban J connectivity index is 2.27. The maximum absolute atomic E-state index is 13.0. The van der Waals surface area contributed by atoms with Gasteiger partial charge in [0.25, 0.3) is 5.69 Å². The van der Waals surface area contributed by atoms with Crippen molar-refractivity contribution in [3.8, 4) is 6.07 Å². The summed E-state index contributed by atoms with van der Waals surface area (Å²) in [6.45, 7) is 3.29. The molecule has 0 radical (unpaired) electrons. The van der Waals surface area contributed by atoms with E-state index in [1.54, 1.807) is 38.1 Å². The lowest BCUT2D eigenvalue weighted by Gasteiger charge is -2.41. The fourth-order valence-corrected chi connectivity index (χ4v) is 3.86. The summed E-state index contributed by atoms with van der Waals surface area (Å²) in [6, 6.07) is 16.7. The quantitative estimate of drug-likeness (QED) is 0.454. The smallest absolute Gasteiger partial charge is 0.332 e. The van der Waals surface area contributed by atoms with E-state index in [2.05, 4.69) is 16.3 Å². The van der Waals surface area contributed by atoms with E-state index in [0.717, 1.165) is 0 Å². The zero-order valence-electron chi connectivity index (χ0n) is 15.6. The molecule has 0 N–H and O–H groups in total. The molecule has 0 fully saturated rings. The second kappa shape index (κ2) is 6.53. The Morgan fingerprint density at radius 2 is 1.54 bits per heavy atom. The van der Waals surface area contributed by atoms with E-state index >= 15 is 0 Å². The summed E-state index contributed by atoms with van der Waals surface area (Å²) in [5.41, 5.74) is -3.55. The van der Waals surface area contributed by atoms with Crippen LogP contribution in [0.25, 0.3) is 0 Å². The number of non-ortho nitro benzene ring substituents is 1. The zero-order chi connectivity index (χ0) is 20.6. The predicted molar refractivity (Wildman–Crippen MR) is 99.2 cm³/mol. The minimum atomic E-state index is -1.81. The summed E-state index contributed by atoms with van der Waals surface area (Å²) in [4.78, 5) is 23.5. The zero-order valence-corrected chi connectivity index (χ0v) is 15.6. The summed E-state index contributed by atoms with van der Waals surface area (Å²) in [5.74, 6) is -0.771. The Morgan fingerprint density at radius 3 is 1.96 bits per heavy atom. The summed E-state index contributed by atoms with van der Waals surface area (Å²) in [6.07, 6.45) is 0. The number of esters is 1. The van der Waals surface area contributed by atoms with Crippen molar-refractivity contribution in [1.29, 1.82) is 5.26 Å². The van der Waals surface area contributed by atoms with Crippen molar-refractivity contribution in [2.24, 2.45) is 15.6 Å². The molecule has 3 rings (SSSR count). The minimum absolute atomic E-state index is 0.103. The maximum atomic E-state index is 13.0. The van der Waals surface area contributed by atoms with Crippen LogP contribution in [0.4, 0.5) is 5.69 Å². The normalized spacial score (nSPS) is 28.5. The number of nitriles is 1. The summed E-state index contributed by atoms with van der Waals surface area (Å²) in [7, 11) is 1.21. The average molecular weight is 378 g/mol. The molecule has 3 atom stereocenters. The fourth-order valence-electron chi connectivity index (χ4n) is 3.86. The van der Waals surface area contributed by atoms with E-state index in [0.29, 0.717) is 11.1 Å². The number of carbonyl (C=O) groups excluding carboxylic acids is 1. The van der Waals surface area contributed by atoms with Gasteiger partial charge in [0.15, 0.2) is 0 Å². The molecule has 0 saturated heterocycles. The second-order valence-corrected chi connectivity index (χ2v) is 6.87. The third-order valence-electron chi connectivity index (χ3n) is 5.55. The highest BCUT2D eigenvalue weighted by Crippen LogP contribution is 2.61. The molecule has 0 aromatic heterocycles. The van der Waals surface area contributed by atoms with Gasteiger partial charge in [0, 0.05) is 12.1 Å². The molecule has 1 aliphatic heterocycles. The Labute approximate surface area is 161 Å². The Morgan fingerprint density at radius 1 is 1.04 bits per heavy atom. The molecule has 0 unspecified atom stereocenters. The lowest BCUT2D eigenvalue weighted by atomic mass is 9.57. The van der Waals surface area contributed by atoms with E-state index in [1.165, 1.54) is 31.4 Å². The van der Waals surface area contributed by atoms with Crippen LogP contribution < -0.4 is 0 Å². The van der Waals surface area contributed by atoms with Crippen molar-refractivity contribution in [3.05, 3.63) is 75.8 Å². The van der Waals surface area contributed by atoms with Crippen LogP contribution in [0, 0.1) is 26.9 Å². The fraction of sp³-hybridized carbons (Fsp3) is 0.300. The molecule has 28 heavy (non-hydrogen) atoms. The Bertz CT molecular complexity index is 999. The summed E-state index contributed by atoms with van der Waals surface area (Å²) >= 11 is 0. The molecule has 0 bridgehead atoms. The van der Waals surface area contributed by atoms with Crippen LogP contribution in [0.2, 0.25) is 0 Å². The van der Waals surface area contributed by atoms with Crippen LogP contribution in [-0.4, -0.2) is 18.0 Å². The topological polar surface area (TPSA) is 118 Å². The van der Waals surface area contributed by atoms with Gasteiger partial charge in [-0.25, -0.2) is 0 Å². The first-order chi connectivity index (χ1) is 13.3. The number of azo groups is 1. The largest absolute Gasteiger partial charge is 0.468 e. The van der Waals surface area contributed by atoms with Crippen molar-refractivity contribution in [1.82, 2.24) is 0 Å². The van der Waals surface area contributed by atoms with E-state index in [9.17, 15) is 20.2 Å². The highest BCUT2D eigenvalue weighted by Gasteiger charge is 2.72. The van der Waals surface area contributed by atoms with Crippen molar-refractivity contribution in [2.75, 3.05) is 7.11 Å². The number of nitro groups is 1. The van der Waals surface area contributed by atoms with Gasteiger partial charge in [0.2, 0.25) is 5.41 Å². The first-order valence-corrected chi connectivity index (χ1v) is 8.51. The van der Waals surface area contributed by atoms with Gasteiger partial charge in [0.1, 0.15) is 11.1 Å². The number of carbonyl (C=O) groups is 1. The molecule has 8 nitrogen and oxygen atoms in total. The molecular formula is C20H18N4O4. The molecule has 142 valence electrons. The number of rotatable bonds is 4. The average Bonchev–Trinajstić information content (AvgIpc) is 2.97. The molecule has 1 heterocycles. The van der Waals surface area contributed by atoms with E-state index in [-0.39, 0.29) is 5.69 Å². The standard InChI is InChI=1S/C20H18N4O4/c1-18(14-7-5-4-6-8-14)20(13-21,17(25)28-3)19(2,23-22-18)15-9-11-16(12-10-15)24(26)27/h4-12H,1-3H3/t18-,19-,20-/m1/s1. The van der Waals surface area contributed by atoms with Crippen molar-refractivity contribution in [2.45, 2.75) is 24.9 Å². The van der Waals surface area contributed by atoms with E-state index in [4.69, 9.17) is 4.74 Å². The molecule has 2 aromatic rings. The Hall–Kier alpha value is -3.60. The molecule has 8 heteroatoms. The number of nitro benzene ring substituents is 1. The number of ether oxygens (including phenoxy) is 1. The van der Waals surface area contributed by atoms with Gasteiger partial charge in [-0.3, -0.25) is 14.9 Å². The van der Waals surface area contributed by atoms with Crippen molar-refractivity contribution in [3.63, 3.8) is 0 Å². The monoisotopic (exact) mass is 378 g/mol. The predicted octanol–water partition coefficient (Wildman–Crippen LogP) is 3.87. The highest BCUT2D eigenvalue weighted by molar-refractivity contribution is 5.85. The van der Waals surface area contributed by atoms with Crippen molar-refractivity contribution < 1.29 is 14.5 Å². The van der Waals surface area contributed by atoms with Gasteiger partial charge in [-0.2, -0.15) is 15.5 Å².